The maximum atomic E-state index is 13.3. The topological polar surface area (TPSA) is 122 Å². The van der Waals surface area contributed by atoms with Crippen molar-refractivity contribution in [2.24, 2.45) is 0 Å². The fraction of sp³-hybridized carbons (Fsp3) is 0.147. The summed E-state index contributed by atoms with van der Waals surface area (Å²) in [5.41, 5.74) is 2.37. The summed E-state index contributed by atoms with van der Waals surface area (Å²) >= 11 is 0. The molecule has 0 aliphatic heterocycles. The predicted octanol–water partition coefficient (Wildman–Crippen LogP) is 6.00. The van der Waals surface area contributed by atoms with E-state index in [0.29, 0.717) is 23.4 Å². The van der Waals surface area contributed by atoms with Crippen molar-refractivity contribution < 1.29 is 22.7 Å². The Hall–Kier alpha value is -4.86. The van der Waals surface area contributed by atoms with Crippen LogP contribution in [0.15, 0.2) is 111 Å². The summed E-state index contributed by atoms with van der Waals surface area (Å²) in [4.78, 5) is 16.9. The lowest BCUT2D eigenvalue weighted by Gasteiger charge is -2.20. The highest BCUT2D eigenvalue weighted by atomic mass is 32.2. The van der Waals surface area contributed by atoms with Gasteiger partial charge in [0.25, 0.3) is 0 Å². The van der Waals surface area contributed by atoms with E-state index in [-0.39, 0.29) is 28.5 Å². The van der Waals surface area contributed by atoms with E-state index >= 15 is 0 Å². The van der Waals surface area contributed by atoms with Crippen molar-refractivity contribution in [3.63, 3.8) is 0 Å². The number of methoxy groups -OCH3 is 1. The van der Waals surface area contributed by atoms with Gasteiger partial charge in [-0.15, -0.1) is 0 Å². The molecule has 8 nitrogen and oxygen atoms in total. The molecule has 6 rings (SSSR count). The molecule has 43 heavy (non-hydrogen) atoms. The van der Waals surface area contributed by atoms with Crippen LogP contribution in [0.4, 0.5) is 0 Å². The first-order valence-corrected chi connectivity index (χ1v) is 15.3. The average molecular weight is 595 g/mol. The van der Waals surface area contributed by atoms with Crippen LogP contribution in [0.2, 0.25) is 0 Å². The van der Waals surface area contributed by atoms with Gasteiger partial charge in [0.2, 0.25) is 10.0 Å². The Morgan fingerprint density at radius 2 is 1.70 bits per heavy atom. The average Bonchev–Trinajstić information content (AvgIpc) is 3.36. The van der Waals surface area contributed by atoms with Gasteiger partial charge in [0, 0.05) is 29.2 Å². The van der Waals surface area contributed by atoms with Gasteiger partial charge in [0.05, 0.1) is 23.5 Å². The van der Waals surface area contributed by atoms with Gasteiger partial charge in [-0.1, -0.05) is 60.7 Å². The number of fused-ring (bicyclic) bond motifs is 2. The Morgan fingerprint density at radius 1 is 0.930 bits per heavy atom. The number of hydrogen-bond donors (Lipinski definition) is 3. The van der Waals surface area contributed by atoms with E-state index in [0.717, 1.165) is 27.2 Å². The van der Waals surface area contributed by atoms with Crippen molar-refractivity contribution in [1.29, 1.82) is 0 Å². The van der Waals surface area contributed by atoms with Crippen LogP contribution in [0.3, 0.4) is 0 Å². The Labute approximate surface area is 248 Å². The second-order valence-electron chi connectivity index (χ2n) is 10.4. The molecule has 218 valence electrons. The largest absolute Gasteiger partial charge is 0.507 e. The number of rotatable bonds is 9. The van der Waals surface area contributed by atoms with Crippen LogP contribution in [-0.4, -0.2) is 32.2 Å². The van der Waals surface area contributed by atoms with Gasteiger partial charge >= 0.3 is 5.63 Å². The summed E-state index contributed by atoms with van der Waals surface area (Å²) in [7, 11) is -2.25. The van der Waals surface area contributed by atoms with Crippen LogP contribution in [0.5, 0.6) is 11.5 Å². The molecule has 0 saturated heterocycles. The zero-order chi connectivity index (χ0) is 30.1. The summed E-state index contributed by atoms with van der Waals surface area (Å²) in [5.74, 6) is -0.0791. The lowest BCUT2D eigenvalue weighted by atomic mass is 9.86. The zero-order valence-electron chi connectivity index (χ0n) is 23.6. The minimum atomic E-state index is -3.80. The molecule has 2 aromatic heterocycles. The van der Waals surface area contributed by atoms with Gasteiger partial charge in [-0.3, -0.25) is 0 Å². The summed E-state index contributed by atoms with van der Waals surface area (Å²) in [5, 5.41) is 13.7. The van der Waals surface area contributed by atoms with Crippen LogP contribution in [0, 0.1) is 6.92 Å². The van der Waals surface area contributed by atoms with Gasteiger partial charge in [-0.2, -0.15) is 0 Å². The number of H-pyrrole nitrogens is 1. The molecule has 3 N–H and O–H groups in total. The van der Waals surface area contributed by atoms with Gasteiger partial charge in [0.15, 0.2) is 0 Å². The van der Waals surface area contributed by atoms with E-state index in [1.165, 1.54) is 6.07 Å². The number of para-hydroxylation sites is 1. The summed E-state index contributed by atoms with van der Waals surface area (Å²) in [6.45, 7) is 1.70. The summed E-state index contributed by atoms with van der Waals surface area (Å²) in [6.07, 6.45) is 0.310. The van der Waals surface area contributed by atoms with Crippen LogP contribution >= 0.6 is 0 Å². The Kier molecular flexibility index (Phi) is 7.52. The molecular formula is C34H30N2O6S. The quantitative estimate of drug-likeness (QED) is 0.189. The van der Waals surface area contributed by atoms with Crippen molar-refractivity contribution in [2.45, 2.75) is 24.2 Å². The molecule has 9 heteroatoms. The van der Waals surface area contributed by atoms with Crippen molar-refractivity contribution in [3.05, 3.63) is 136 Å². The van der Waals surface area contributed by atoms with Crippen molar-refractivity contribution >= 4 is 31.7 Å². The van der Waals surface area contributed by atoms with Gasteiger partial charge in [-0.05, 0) is 65.6 Å². The van der Waals surface area contributed by atoms with Crippen LogP contribution in [0.25, 0.3) is 21.7 Å². The molecule has 1 unspecified atom stereocenters. The Balaban J connectivity index is 1.42. The third-order valence-electron chi connectivity index (χ3n) is 7.64. The zero-order valence-corrected chi connectivity index (χ0v) is 24.4. The van der Waals surface area contributed by atoms with Crippen LogP contribution < -0.4 is 15.1 Å². The second-order valence-corrected chi connectivity index (χ2v) is 12.1. The molecule has 2 heterocycles. The molecule has 1 atom stereocenters. The number of nitrogens with one attached hydrogen (secondary N) is 2. The minimum absolute atomic E-state index is 0.0726. The second kappa shape index (κ2) is 11.4. The number of ether oxygens (including phenoxy) is 1. The maximum Gasteiger partial charge on any atom is 0.343 e. The molecule has 0 radical (unpaired) electrons. The predicted molar refractivity (Wildman–Crippen MR) is 166 cm³/mol. The minimum Gasteiger partial charge on any atom is -0.507 e. The first-order valence-electron chi connectivity index (χ1n) is 13.8. The number of aromatic amines is 1. The molecule has 0 saturated carbocycles. The van der Waals surface area contributed by atoms with Gasteiger partial charge in [0.1, 0.15) is 17.3 Å². The lowest BCUT2D eigenvalue weighted by molar-refractivity contribution is 0.412. The number of benzene rings is 4. The number of hydrogen-bond acceptors (Lipinski definition) is 6. The molecular weight excluding hydrogens is 564 g/mol. The van der Waals surface area contributed by atoms with E-state index in [1.807, 2.05) is 60.7 Å². The Bertz CT molecular complexity index is 2130. The third kappa shape index (κ3) is 5.52. The molecule has 0 spiro atoms. The summed E-state index contributed by atoms with van der Waals surface area (Å²) in [6, 6.07) is 29.0. The highest BCUT2D eigenvalue weighted by Crippen LogP contribution is 2.40. The smallest absolute Gasteiger partial charge is 0.343 e. The highest BCUT2D eigenvalue weighted by molar-refractivity contribution is 7.89. The molecule has 0 bridgehead atoms. The number of sulfonamides is 1. The highest BCUT2D eigenvalue weighted by Gasteiger charge is 2.30. The molecule has 4 aromatic carbocycles. The fourth-order valence-corrected chi connectivity index (χ4v) is 6.70. The van der Waals surface area contributed by atoms with E-state index in [1.54, 1.807) is 44.4 Å². The van der Waals surface area contributed by atoms with Gasteiger partial charge < -0.3 is 19.2 Å². The van der Waals surface area contributed by atoms with Crippen molar-refractivity contribution in [3.8, 4) is 11.5 Å². The number of aryl methyl sites for hydroxylation is 1. The van der Waals surface area contributed by atoms with E-state index in [2.05, 4.69) is 9.71 Å². The standard InChI is InChI=1S/C34H30N2O6S/c1-21-18-30(37)32(34(38)42-21)31(24-10-7-11-25(19-24)41-2)33-28(27-12-5-6-13-29(27)36-33)16-17-35-43(39,40)26-15-14-22-8-3-4-9-23(22)20-26/h3-15,18-20,31,35-37H,16-17H2,1-2H3. The maximum absolute atomic E-state index is 13.3. The van der Waals surface area contributed by atoms with E-state index in [9.17, 15) is 18.3 Å². The first-order chi connectivity index (χ1) is 20.7. The molecule has 6 aromatic rings. The monoisotopic (exact) mass is 594 g/mol. The molecule has 0 aliphatic carbocycles. The van der Waals surface area contributed by atoms with E-state index < -0.39 is 21.6 Å². The molecule has 0 aliphatic rings. The number of aromatic nitrogens is 1. The Morgan fingerprint density at radius 3 is 2.49 bits per heavy atom. The lowest BCUT2D eigenvalue weighted by Crippen LogP contribution is -2.26. The number of aromatic hydroxyl groups is 1. The molecule has 0 fully saturated rings. The van der Waals surface area contributed by atoms with Crippen molar-refractivity contribution in [1.82, 2.24) is 9.71 Å². The van der Waals surface area contributed by atoms with Crippen LogP contribution in [-0.2, 0) is 16.4 Å². The normalized spacial score (nSPS) is 12.5. The fourth-order valence-electron chi connectivity index (χ4n) is 5.63. The first kappa shape index (κ1) is 28.3. The van der Waals surface area contributed by atoms with Crippen LogP contribution in [0.1, 0.15) is 34.1 Å². The van der Waals surface area contributed by atoms with Crippen molar-refractivity contribution in [2.75, 3.05) is 13.7 Å². The summed E-state index contributed by atoms with van der Waals surface area (Å²) < 4.78 is 40.3. The third-order valence-corrected chi connectivity index (χ3v) is 9.10. The SMILES string of the molecule is COc1cccc(C(c2[nH]c3ccccc3c2CCNS(=O)(=O)c2ccc3ccccc3c2)c2c(O)cc(C)oc2=O)c1. The van der Waals surface area contributed by atoms with E-state index in [4.69, 9.17) is 9.15 Å². The van der Waals surface area contributed by atoms with Gasteiger partial charge in [-0.25, -0.2) is 17.9 Å². The molecule has 0 amide bonds.